The first-order valence-corrected chi connectivity index (χ1v) is 8.28. The van der Waals surface area contributed by atoms with Crippen LogP contribution >= 0.6 is 0 Å². The van der Waals surface area contributed by atoms with Crippen molar-refractivity contribution in [3.8, 4) is 11.5 Å². The standard InChI is InChI=1S/C19H25NO5/c1-4-8-19(18(22)23)9-5-10-20(13-19)17(21)12-14-6-7-15(24-2)16(11-14)25-3/h4,6-7,11H,1,5,8-10,12-13H2,2-3H3,(H,22,23). The first-order valence-electron chi connectivity index (χ1n) is 8.28. The van der Waals surface area contributed by atoms with E-state index >= 15 is 0 Å². The smallest absolute Gasteiger partial charge is 0.311 e. The molecule has 1 amide bonds. The Kier molecular flexibility index (Phi) is 6.07. The van der Waals surface area contributed by atoms with Crippen molar-refractivity contribution in [2.45, 2.75) is 25.7 Å². The predicted octanol–water partition coefficient (Wildman–Crippen LogP) is 2.52. The zero-order chi connectivity index (χ0) is 18.4. The molecule has 0 radical (unpaired) electrons. The number of hydrogen-bond acceptors (Lipinski definition) is 4. The molecule has 25 heavy (non-hydrogen) atoms. The lowest BCUT2D eigenvalue weighted by molar-refractivity contribution is -0.154. The second-order valence-electron chi connectivity index (χ2n) is 6.36. The molecule has 136 valence electrons. The highest BCUT2D eigenvalue weighted by atomic mass is 16.5. The zero-order valence-electron chi connectivity index (χ0n) is 14.8. The molecule has 0 aromatic heterocycles. The number of methoxy groups -OCH3 is 2. The maximum Gasteiger partial charge on any atom is 0.311 e. The molecule has 1 unspecified atom stereocenters. The fourth-order valence-electron chi connectivity index (χ4n) is 3.33. The second-order valence-corrected chi connectivity index (χ2v) is 6.36. The number of carboxylic acid groups (broad SMARTS) is 1. The average Bonchev–Trinajstić information content (AvgIpc) is 2.61. The highest BCUT2D eigenvalue weighted by Gasteiger charge is 2.42. The molecule has 1 fully saturated rings. The van der Waals surface area contributed by atoms with Gasteiger partial charge >= 0.3 is 5.97 Å². The number of carbonyl (C=O) groups excluding carboxylic acids is 1. The van der Waals surface area contributed by atoms with Crippen molar-refractivity contribution in [3.63, 3.8) is 0 Å². The minimum atomic E-state index is -0.923. The fraction of sp³-hybridized carbons (Fsp3) is 0.474. The van der Waals surface area contributed by atoms with Crippen LogP contribution in [0, 0.1) is 5.41 Å². The number of rotatable bonds is 7. The molecule has 2 rings (SSSR count). The molecule has 6 heteroatoms. The molecule has 1 aromatic rings. The number of hydrogen-bond donors (Lipinski definition) is 1. The minimum absolute atomic E-state index is 0.0818. The molecule has 1 atom stereocenters. The first-order chi connectivity index (χ1) is 12.0. The van der Waals surface area contributed by atoms with Gasteiger partial charge in [-0.3, -0.25) is 9.59 Å². The van der Waals surface area contributed by atoms with E-state index in [-0.39, 0.29) is 18.9 Å². The highest BCUT2D eigenvalue weighted by Crippen LogP contribution is 2.35. The van der Waals surface area contributed by atoms with E-state index in [0.717, 1.165) is 5.56 Å². The number of likely N-dealkylation sites (tertiary alicyclic amines) is 1. The van der Waals surface area contributed by atoms with Crippen molar-refractivity contribution in [1.82, 2.24) is 4.90 Å². The van der Waals surface area contributed by atoms with E-state index in [1.807, 2.05) is 6.07 Å². The van der Waals surface area contributed by atoms with Gasteiger partial charge < -0.3 is 19.5 Å². The largest absolute Gasteiger partial charge is 0.493 e. The summed E-state index contributed by atoms with van der Waals surface area (Å²) in [5.41, 5.74) is -0.120. The second kappa shape index (κ2) is 8.05. The molecule has 0 spiro atoms. The molecule has 1 N–H and O–H groups in total. The summed E-state index contributed by atoms with van der Waals surface area (Å²) in [6.45, 7) is 4.47. The molecule has 6 nitrogen and oxygen atoms in total. The molecular formula is C19H25NO5. The maximum absolute atomic E-state index is 12.7. The fourth-order valence-corrected chi connectivity index (χ4v) is 3.33. The molecule has 1 heterocycles. The Balaban J connectivity index is 2.12. The van der Waals surface area contributed by atoms with Gasteiger partial charge in [0.2, 0.25) is 5.91 Å². The van der Waals surface area contributed by atoms with Gasteiger partial charge in [0.25, 0.3) is 0 Å². The summed E-state index contributed by atoms with van der Waals surface area (Å²) >= 11 is 0. The van der Waals surface area contributed by atoms with Gasteiger partial charge in [-0.1, -0.05) is 12.1 Å². The number of benzene rings is 1. The lowest BCUT2D eigenvalue weighted by Gasteiger charge is -2.39. The molecule has 1 aromatic carbocycles. The lowest BCUT2D eigenvalue weighted by Crippen LogP contribution is -2.50. The van der Waals surface area contributed by atoms with Gasteiger partial charge in [0.1, 0.15) is 0 Å². The van der Waals surface area contributed by atoms with Crippen LogP contribution in [-0.2, 0) is 16.0 Å². The summed E-state index contributed by atoms with van der Waals surface area (Å²) in [5, 5.41) is 9.62. The summed E-state index contributed by atoms with van der Waals surface area (Å²) in [6.07, 6.45) is 3.43. The van der Waals surface area contributed by atoms with Gasteiger partial charge in [0.05, 0.1) is 26.1 Å². The van der Waals surface area contributed by atoms with Crippen LogP contribution in [0.15, 0.2) is 30.9 Å². The lowest BCUT2D eigenvalue weighted by atomic mass is 9.77. The molecule has 0 aliphatic carbocycles. The maximum atomic E-state index is 12.7. The van der Waals surface area contributed by atoms with E-state index in [4.69, 9.17) is 9.47 Å². The minimum Gasteiger partial charge on any atom is -0.493 e. The Hall–Kier alpha value is -2.50. The van der Waals surface area contributed by atoms with Crippen LogP contribution < -0.4 is 9.47 Å². The summed E-state index contributed by atoms with van der Waals surface area (Å²) in [4.78, 5) is 26.1. The van der Waals surface area contributed by atoms with Crippen LogP contribution in [-0.4, -0.2) is 49.2 Å². The summed E-state index contributed by atoms with van der Waals surface area (Å²) in [6, 6.07) is 5.35. The number of carbonyl (C=O) groups is 2. The van der Waals surface area contributed by atoms with E-state index in [9.17, 15) is 14.7 Å². The van der Waals surface area contributed by atoms with Gasteiger partial charge in [-0.05, 0) is 37.0 Å². The Morgan fingerprint density at radius 3 is 2.64 bits per heavy atom. The molecule has 0 saturated carbocycles. The van der Waals surface area contributed by atoms with Crippen molar-refractivity contribution >= 4 is 11.9 Å². The Labute approximate surface area is 148 Å². The zero-order valence-corrected chi connectivity index (χ0v) is 14.8. The van der Waals surface area contributed by atoms with Crippen LogP contribution in [0.5, 0.6) is 11.5 Å². The normalized spacial score (nSPS) is 20.0. The Morgan fingerprint density at radius 1 is 1.32 bits per heavy atom. The van der Waals surface area contributed by atoms with Crippen LogP contribution in [0.2, 0.25) is 0 Å². The SMILES string of the molecule is C=CCC1(C(=O)O)CCCN(C(=O)Cc2ccc(OC)c(OC)c2)C1. The van der Waals surface area contributed by atoms with Gasteiger partial charge in [0.15, 0.2) is 11.5 Å². The number of ether oxygens (including phenoxy) is 2. The number of amides is 1. The van der Waals surface area contributed by atoms with Crippen molar-refractivity contribution in [1.29, 1.82) is 0 Å². The molecule has 1 saturated heterocycles. The van der Waals surface area contributed by atoms with Crippen LogP contribution in [0.4, 0.5) is 0 Å². The average molecular weight is 347 g/mol. The van der Waals surface area contributed by atoms with Crippen LogP contribution in [0.1, 0.15) is 24.8 Å². The number of carboxylic acids is 1. The van der Waals surface area contributed by atoms with Gasteiger partial charge in [-0.25, -0.2) is 0 Å². The quantitative estimate of drug-likeness (QED) is 0.767. The van der Waals surface area contributed by atoms with Crippen LogP contribution in [0.3, 0.4) is 0 Å². The highest BCUT2D eigenvalue weighted by molar-refractivity contribution is 5.81. The van der Waals surface area contributed by atoms with Gasteiger partial charge in [-0.2, -0.15) is 0 Å². The monoisotopic (exact) mass is 347 g/mol. The number of nitrogens with zero attached hydrogens (tertiary/aromatic N) is 1. The molecule has 1 aliphatic rings. The number of allylic oxidation sites excluding steroid dienone is 1. The van der Waals surface area contributed by atoms with E-state index < -0.39 is 11.4 Å². The third kappa shape index (κ3) is 4.13. The molecule has 1 aliphatic heterocycles. The Bertz CT molecular complexity index is 657. The first kappa shape index (κ1) is 18.8. The van der Waals surface area contributed by atoms with E-state index in [2.05, 4.69) is 6.58 Å². The predicted molar refractivity (Wildman–Crippen MR) is 93.9 cm³/mol. The van der Waals surface area contributed by atoms with Gasteiger partial charge in [-0.15, -0.1) is 6.58 Å². The molecular weight excluding hydrogens is 322 g/mol. The van der Waals surface area contributed by atoms with E-state index in [1.165, 1.54) is 0 Å². The van der Waals surface area contributed by atoms with Crippen molar-refractivity contribution in [2.75, 3.05) is 27.3 Å². The van der Waals surface area contributed by atoms with Gasteiger partial charge in [0, 0.05) is 13.1 Å². The summed E-state index contributed by atoms with van der Waals surface area (Å²) < 4.78 is 10.5. The van der Waals surface area contributed by atoms with Crippen molar-refractivity contribution in [2.24, 2.45) is 5.41 Å². The number of aliphatic carboxylic acids is 1. The van der Waals surface area contributed by atoms with Crippen molar-refractivity contribution < 1.29 is 24.2 Å². The van der Waals surface area contributed by atoms with E-state index in [1.54, 1.807) is 37.3 Å². The van der Waals surface area contributed by atoms with E-state index in [0.29, 0.717) is 37.3 Å². The summed E-state index contributed by atoms with van der Waals surface area (Å²) in [7, 11) is 3.10. The Morgan fingerprint density at radius 2 is 2.04 bits per heavy atom. The van der Waals surface area contributed by atoms with Crippen molar-refractivity contribution in [3.05, 3.63) is 36.4 Å². The topological polar surface area (TPSA) is 76.1 Å². The number of piperidine rings is 1. The third-order valence-electron chi connectivity index (χ3n) is 4.72. The van der Waals surface area contributed by atoms with Crippen LogP contribution in [0.25, 0.3) is 0 Å². The third-order valence-corrected chi connectivity index (χ3v) is 4.72. The summed E-state index contributed by atoms with van der Waals surface area (Å²) in [5.74, 6) is 0.225. The molecule has 0 bridgehead atoms.